The van der Waals surface area contributed by atoms with Crippen molar-refractivity contribution in [1.29, 1.82) is 0 Å². The Labute approximate surface area is 135 Å². The Kier molecular flexibility index (Phi) is 3.84. The van der Waals surface area contributed by atoms with E-state index in [1.807, 2.05) is 0 Å². The molecule has 0 saturated heterocycles. The number of terminal acetylenes is 1. The number of benzene rings is 2. The van der Waals surface area contributed by atoms with E-state index in [0.29, 0.717) is 10.1 Å². The van der Waals surface area contributed by atoms with Gasteiger partial charge in [-0.15, -0.1) is 6.42 Å². The van der Waals surface area contributed by atoms with E-state index in [-0.39, 0.29) is 17.5 Å². The third-order valence-corrected chi connectivity index (χ3v) is 3.59. The average molecular weight is 322 g/mol. The molecule has 0 aliphatic rings. The van der Waals surface area contributed by atoms with Crippen molar-refractivity contribution in [3.8, 4) is 12.3 Å². The standard InChI is InChI=1S/C18H11FN2O3/c1-2-11-20-15-6-4-3-5-14(15)17(23)21(18(20)24)16(22)12-7-9-13(19)10-8-12/h1,3-10H,11H2. The lowest BCUT2D eigenvalue weighted by Gasteiger charge is -2.11. The van der Waals surface area contributed by atoms with E-state index in [9.17, 15) is 18.8 Å². The first-order valence-corrected chi connectivity index (χ1v) is 7.03. The molecular weight excluding hydrogens is 311 g/mol. The van der Waals surface area contributed by atoms with Crippen LogP contribution in [0.15, 0.2) is 58.1 Å². The number of aromatic nitrogens is 2. The fourth-order valence-corrected chi connectivity index (χ4v) is 2.47. The maximum atomic E-state index is 13.0. The van der Waals surface area contributed by atoms with Gasteiger partial charge in [0.15, 0.2) is 0 Å². The second-order valence-electron chi connectivity index (χ2n) is 5.04. The van der Waals surface area contributed by atoms with Crippen LogP contribution in [0.3, 0.4) is 0 Å². The minimum atomic E-state index is -0.832. The molecule has 0 saturated carbocycles. The van der Waals surface area contributed by atoms with Gasteiger partial charge in [0.05, 0.1) is 17.4 Å². The van der Waals surface area contributed by atoms with Gasteiger partial charge in [0.1, 0.15) is 5.82 Å². The molecule has 3 aromatic rings. The van der Waals surface area contributed by atoms with Gasteiger partial charge in [-0.3, -0.25) is 14.2 Å². The number of rotatable bonds is 2. The van der Waals surface area contributed by atoms with Crippen molar-refractivity contribution < 1.29 is 9.18 Å². The van der Waals surface area contributed by atoms with Crippen LogP contribution in [0.25, 0.3) is 10.9 Å². The monoisotopic (exact) mass is 322 g/mol. The minimum absolute atomic E-state index is 0.0261. The molecule has 6 heteroatoms. The van der Waals surface area contributed by atoms with Gasteiger partial charge in [-0.2, -0.15) is 4.57 Å². The van der Waals surface area contributed by atoms with Gasteiger partial charge < -0.3 is 0 Å². The first kappa shape index (κ1) is 15.4. The number of nitrogens with zero attached hydrogens (tertiary/aromatic N) is 2. The van der Waals surface area contributed by atoms with E-state index in [2.05, 4.69) is 5.92 Å². The van der Waals surface area contributed by atoms with Crippen molar-refractivity contribution in [2.24, 2.45) is 0 Å². The lowest BCUT2D eigenvalue weighted by Crippen LogP contribution is -2.44. The first-order chi connectivity index (χ1) is 11.5. The number of para-hydroxylation sites is 1. The van der Waals surface area contributed by atoms with E-state index in [0.717, 1.165) is 12.1 Å². The molecule has 0 aliphatic carbocycles. The molecule has 5 nitrogen and oxygen atoms in total. The summed E-state index contributed by atoms with van der Waals surface area (Å²) in [6.07, 6.45) is 5.29. The van der Waals surface area contributed by atoms with Crippen LogP contribution >= 0.6 is 0 Å². The normalized spacial score (nSPS) is 10.5. The van der Waals surface area contributed by atoms with Crippen molar-refractivity contribution in [3.63, 3.8) is 0 Å². The van der Waals surface area contributed by atoms with Crippen molar-refractivity contribution in [2.75, 3.05) is 0 Å². The zero-order valence-corrected chi connectivity index (χ0v) is 12.4. The van der Waals surface area contributed by atoms with Crippen LogP contribution in [-0.4, -0.2) is 15.0 Å². The Morgan fingerprint density at radius 2 is 1.75 bits per heavy atom. The lowest BCUT2D eigenvalue weighted by atomic mass is 10.2. The minimum Gasteiger partial charge on any atom is -0.281 e. The molecule has 1 aromatic heterocycles. The van der Waals surface area contributed by atoms with Crippen molar-refractivity contribution in [2.45, 2.75) is 6.54 Å². The molecular formula is C18H11FN2O3. The highest BCUT2D eigenvalue weighted by Gasteiger charge is 2.19. The summed E-state index contributed by atoms with van der Waals surface area (Å²) >= 11 is 0. The van der Waals surface area contributed by atoms with E-state index in [1.54, 1.807) is 18.2 Å². The van der Waals surface area contributed by atoms with Crippen LogP contribution in [-0.2, 0) is 6.54 Å². The van der Waals surface area contributed by atoms with E-state index in [4.69, 9.17) is 6.42 Å². The van der Waals surface area contributed by atoms with Crippen LogP contribution in [0.5, 0.6) is 0 Å². The van der Waals surface area contributed by atoms with Crippen molar-refractivity contribution in [1.82, 2.24) is 9.13 Å². The van der Waals surface area contributed by atoms with Gasteiger partial charge in [0.25, 0.3) is 11.5 Å². The summed E-state index contributed by atoms with van der Waals surface area (Å²) in [5.74, 6) is 0.979. The molecule has 2 aromatic carbocycles. The fourth-order valence-electron chi connectivity index (χ4n) is 2.47. The zero-order chi connectivity index (χ0) is 17.3. The van der Waals surface area contributed by atoms with E-state index < -0.39 is 23.0 Å². The van der Waals surface area contributed by atoms with Crippen molar-refractivity contribution in [3.05, 3.63) is 80.7 Å². The Bertz CT molecular complexity index is 1100. The van der Waals surface area contributed by atoms with Crippen LogP contribution in [0.2, 0.25) is 0 Å². The summed E-state index contributed by atoms with van der Waals surface area (Å²) in [7, 11) is 0. The van der Waals surface area contributed by atoms with Crippen LogP contribution in [0, 0.1) is 18.2 Å². The molecule has 0 N–H and O–H groups in total. The lowest BCUT2D eigenvalue weighted by molar-refractivity contribution is 0.0949. The molecule has 0 radical (unpaired) electrons. The quantitative estimate of drug-likeness (QED) is 0.674. The number of carbonyl (C=O) groups excluding carboxylic acids is 1. The average Bonchev–Trinajstić information content (AvgIpc) is 2.59. The first-order valence-electron chi connectivity index (χ1n) is 7.03. The maximum Gasteiger partial charge on any atom is 0.339 e. The van der Waals surface area contributed by atoms with E-state index >= 15 is 0 Å². The summed E-state index contributed by atoms with van der Waals surface area (Å²) < 4.78 is 14.7. The van der Waals surface area contributed by atoms with Gasteiger partial charge in [-0.25, -0.2) is 9.18 Å². The Hall–Kier alpha value is -3.46. The van der Waals surface area contributed by atoms with Crippen LogP contribution in [0.1, 0.15) is 10.4 Å². The number of hydrogen-bond donors (Lipinski definition) is 0. The molecule has 0 fully saturated rings. The number of fused-ring (bicyclic) bond motifs is 1. The molecule has 0 aliphatic heterocycles. The second-order valence-corrected chi connectivity index (χ2v) is 5.04. The van der Waals surface area contributed by atoms with Gasteiger partial charge in [-0.1, -0.05) is 18.1 Å². The highest BCUT2D eigenvalue weighted by Crippen LogP contribution is 2.09. The van der Waals surface area contributed by atoms with Gasteiger partial charge in [0, 0.05) is 5.56 Å². The SMILES string of the molecule is C#CCn1c(=O)n(C(=O)c2ccc(F)cc2)c(=O)c2ccccc21. The molecule has 3 rings (SSSR count). The maximum absolute atomic E-state index is 13.0. The van der Waals surface area contributed by atoms with Gasteiger partial charge >= 0.3 is 5.69 Å². The van der Waals surface area contributed by atoms with Gasteiger partial charge in [0.2, 0.25) is 0 Å². The topological polar surface area (TPSA) is 61.1 Å². The highest BCUT2D eigenvalue weighted by atomic mass is 19.1. The Balaban J connectivity index is 2.34. The molecule has 0 atom stereocenters. The number of halogens is 1. The predicted octanol–water partition coefficient (Wildman–Crippen LogP) is 1.62. The fraction of sp³-hybridized carbons (Fsp3) is 0.0556. The second kappa shape index (κ2) is 5.97. The van der Waals surface area contributed by atoms with E-state index in [1.165, 1.54) is 22.8 Å². The summed E-state index contributed by atoms with van der Waals surface area (Å²) in [6, 6.07) is 11.0. The molecule has 24 heavy (non-hydrogen) atoms. The summed E-state index contributed by atoms with van der Waals surface area (Å²) in [4.78, 5) is 37.8. The summed E-state index contributed by atoms with van der Waals surface area (Å²) in [6.45, 7) is -0.0870. The summed E-state index contributed by atoms with van der Waals surface area (Å²) in [5, 5.41) is 0.197. The van der Waals surface area contributed by atoms with Crippen LogP contribution in [0.4, 0.5) is 4.39 Å². The molecule has 0 spiro atoms. The number of carbonyl (C=O) groups is 1. The molecule has 0 bridgehead atoms. The third-order valence-electron chi connectivity index (χ3n) is 3.59. The zero-order valence-electron chi connectivity index (χ0n) is 12.4. The van der Waals surface area contributed by atoms with Gasteiger partial charge in [-0.05, 0) is 36.4 Å². The molecule has 0 amide bonds. The summed E-state index contributed by atoms with van der Waals surface area (Å²) in [5.41, 5.74) is -1.18. The third kappa shape index (κ3) is 2.42. The molecule has 0 unspecified atom stereocenters. The molecule has 118 valence electrons. The predicted molar refractivity (Wildman–Crippen MR) is 87.4 cm³/mol. The van der Waals surface area contributed by atoms with Crippen LogP contribution < -0.4 is 11.2 Å². The highest BCUT2D eigenvalue weighted by molar-refractivity contribution is 5.96. The Morgan fingerprint density at radius 1 is 1.08 bits per heavy atom. The smallest absolute Gasteiger partial charge is 0.281 e. The number of hydrogen-bond acceptors (Lipinski definition) is 3. The Morgan fingerprint density at radius 3 is 2.42 bits per heavy atom. The van der Waals surface area contributed by atoms with Crippen molar-refractivity contribution >= 4 is 16.8 Å². The largest absolute Gasteiger partial charge is 0.339 e. The molecule has 1 heterocycles.